The maximum absolute atomic E-state index is 5.64. The molecule has 0 N–H and O–H groups in total. The molecule has 1 aliphatic heterocycles. The Morgan fingerprint density at radius 1 is 1.10 bits per heavy atom. The van der Waals surface area contributed by atoms with E-state index in [4.69, 9.17) is 14.8 Å². The van der Waals surface area contributed by atoms with Crippen LogP contribution in [0.2, 0.25) is 0 Å². The molecular formula is C25H27N5O. The van der Waals surface area contributed by atoms with Crippen LogP contribution in [-0.4, -0.2) is 38.3 Å². The summed E-state index contributed by atoms with van der Waals surface area (Å²) in [5.41, 5.74) is 5.35. The number of fused-ring (bicyclic) bond motifs is 1. The fourth-order valence-corrected chi connectivity index (χ4v) is 4.53. The van der Waals surface area contributed by atoms with E-state index in [-0.39, 0.29) is 6.04 Å². The van der Waals surface area contributed by atoms with Gasteiger partial charge in [-0.25, -0.2) is 9.97 Å². The van der Waals surface area contributed by atoms with Crippen LogP contribution in [0.3, 0.4) is 0 Å². The smallest absolute Gasteiger partial charge is 0.165 e. The van der Waals surface area contributed by atoms with Gasteiger partial charge < -0.3 is 4.74 Å². The summed E-state index contributed by atoms with van der Waals surface area (Å²) in [4.78, 5) is 12.1. The maximum atomic E-state index is 5.64. The van der Waals surface area contributed by atoms with Gasteiger partial charge in [0.2, 0.25) is 0 Å². The summed E-state index contributed by atoms with van der Waals surface area (Å²) >= 11 is 0. The van der Waals surface area contributed by atoms with E-state index in [2.05, 4.69) is 47.1 Å². The van der Waals surface area contributed by atoms with Gasteiger partial charge in [-0.2, -0.15) is 9.78 Å². The number of pyridine rings is 2. The number of methoxy groups -OCH3 is 1. The molecule has 1 saturated heterocycles. The van der Waals surface area contributed by atoms with Crippen LogP contribution >= 0.6 is 0 Å². The van der Waals surface area contributed by atoms with Gasteiger partial charge in [0, 0.05) is 23.7 Å². The highest BCUT2D eigenvalue weighted by Gasteiger charge is 2.28. The second-order valence-corrected chi connectivity index (χ2v) is 8.24. The molecule has 0 spiro atoms. The van der Waals surface area contributed by atoms with Crippen molar-refractivity contribution in [1.29, 1.82) is 0 Å². The SMILES string of the molecule is COc1cc(C)ccc1CN1CCC[C@@H]1c1ccc2c(C)nn(-c3ccccn3)c2n1. The van der Waals surface area contributed by atoms with Crippen LogP contribution in [0.5, 0.6) is 5.75 Å². The Morgan fingerprint density at radius 3 is 2.81 bits per heavy atom. The van der Waals surface area contributed by atoms with Crippen molar-refractivity contribution in [3.05, 3.63) is 77.2 Å². The number of hydrogen-bond acceptors (Lipinski definition) is 5. The van der Waals surface area contributed by atoms with E-state index in [1.54, 1.807) is 13.3 Å². The first kappa shape index (κ1) is 19.7. The third-order valence-electron chi connectivity index (χ3n) is 6.12. The molecule has 1 fully saturated rings. The number of rotatable bonds is 5. The fourth-order valence-electron chi connectivity index (χ4n) is 4.53. The Labute approximate surface area is 182 Å². The monoisotopic (exact) mass is 413 g/mol. The van der Waals surface area contributed by atoms with Crippen LogP contribution in [0.4, 0.5) is 0 Å². The largest absolute Gasteiger partial charge is 0.496 e. The third kappa shape index (κ3) is 3.68. The second-order valence-electron chi connectivity index (χ2n) is 8.24. The zero-order chi connectivity index (χ0) is 21.4. The van der Waals surface area contributed by atoms with Crippen LogP contribution in [0.15, 0.2) is 54.7 Å². The number of aryl methyl sites for hydroxylation is 2. The van der Waals surface area contributed by atoms with E-state index in [1.807, 2.05) is 29.8 Å². The van der Waals surface area contributed by atoms with Gasteiger partial charge in [-0.05, 0) is 69.1 Å². The molecule has 6 nitrogen and oxygen atoms in total. The van der Waals surface area contributed by atoms with Gasteiger partial charge in [0.05, 0.1) is 24.5 Å². The molecule has 0 unspecified atom stereocenters. The highest BCUT2D eigenvalue weighted by Crippen LogP contribution is 2.35. The van der Waals surface area contributed by atoms with E-state index in [0.717, 1.165) is 59.9 Å². The van der Waals surface area contributed by atoms with E-state index >= 15 is 0 Å². The first-order chi connectivity index (χ1) is 15.1. The summed E-state index contributed by atoms with van der Waals surface area (Å²) in [5, 5.41) is 5.78. The van der Waals surface area contributed by atoms with Gasteiger partial charge in [-0.1, -0.05) is 18.2 Å². The number of ether oxygens (including phenoxy) is 1. The Hall–Kier alpha value is -3.25. The molecule has 1 aromatic carbocycles. The Balaban J connectivity index is 1.50. The van der Waals surface area contributed by atoms with E-state index in [0.29, 0.717) is 0 Å². The first-order valence-electron chi connectivity index (χ1n) is 10.8. The molecule has 6 heteroatoms. The van der Waals surface area contributed by atoms with Gasteiger partial charge in [-0.3, -0.25) is 4.90 Å². The average Bonchev–Trinajstić information content (AvgIpc) is 3.39. The van der Waals surface area contributed by atoms with E-state index in [9.17, 15) is 0 Å². The van der Waals surface area contributed by atoms with Crippen molar-refractivity contribution in [1.82, 2.24) is 24.6 Å². The van der Waals surface area contributed by atoms with Gasteiger partial charge in [-0.15, -0.1) is 0 Å². The van der Waals surface area contributed by atoms with Crippen LogP contribution in [0.25, 0.3) is 16.9 Å². The van der Waals surface area contributed by atoms with E-state index < -0.39 is 0 Å². The number of likely N-dealkylation sites (tertiary alicyclic amines) is 1. The number of nitrogens with zero attached hydrogens (tertiary/aromatic N) is 5. The minimum absolute atomic E-state index is 0.280. The molecule has 0 bridgehead atoms. The maximum Gasteiger partial charge on any atom is 0.165 e. The number of hydrogen-bond donors (Lipinski definition) is 0. The molecule has 4 aromatic rings. The summed E-state index contributed by atoms with van der Waals surface area (Å²) in [7, 11) is 1.75. The third-order valence-corrected chi connectivity index (χ3v) is 6.12. The first-order valence-corrected chi connectivity index (χ1v) is 10.8. The molecule has 0 aliphatic carbocycles. The Morgan fingerprint density at radius 2 is 2.00 bits per heavy atom. The lowest BCUT2D eigenvalue weighted by molar-refractivity contribution is 0.241. The van der Waals surface area contributed by atoms with Crippen LogP contribution in [0, 0.1) is 13.8 Å². The summed E-state index contributed by atoms with van der Waals surface area (Å²) in [5.74, 6) is 1.75. The zero-order valence-electron chi connectivity index (χ0n) is 18.2. The molecule has 158 valence electrons. The second kappa shape index (κ2) is 8.12. The Bertz CT molecular complexity index is 1220. The zero-order valence-corrected chi connectivity index (χ0v) is 18.2. The number of benzene rings is 1. The molecule has 0 radical (unpaired) electrons. The lowest BCUT2D eigenvalue weighted by Gasteiger charge is -2.25. The van der Waals surface area contributed by atoms with Crippen molar-refractivity contribution >= 4 is 11.0 Å². The van der Waals surface area contributed by atoms with Crippen molar-refractivity contribution in [2.24, 2.45) is 0 Å². The number of aromatic nitrogens is 4. The minimum atomic E-state index is 0.280. The molecule has 31 heavy (non-hydrogen) atoms. The van der Waals surface area contributed by atoms with Crippen LogP contribution in [-0.2, 0) is 6.54 Å². The topological polar surface area (TPSA) is 56.1 Å². The standard InChI is InChI=1S/C25H27N5O/c1-17-9-10-19(23(15-17)31-3)16-29-14-6-7-22(29)21-12-11-20-18(2)28-30(25(20)27-21)24-8-4-5-13-26-24/h4-5,8-13,15,22H,6-7,14,16H2,1-3H3/t22-/m1/s1. The molecule has 1 atom stereocenters. The summed E-state index contributed by atoms with van der Waals surface area (Å²) < 4.78 is 7.50. The molecular weight excluding hydrogens is 386 g/mol. The summed E-state index contributed by atoms with van der Waals surface area (Å²) in [6, 6.07) is 16.9. The van der Waals surface area contributed by atoms with Gasteiger partial charge >= 0.3 is 0 Å². The summed E-state index contributed by atoms with van der Waals surface area (Å²) in [6.45, 7) is 6.03. The predicted molar refractivity (Wildman–Crippen MR) is 122 cm³/mol. The van der Waals surface area contributed by atoms with Gasteiger partial charge in [0.1, 0.15) is 5.75 Å². The Kier molecular flexibility index (Phi) is 5.16. The summed E-state index contributed by atoms with van der Waals surface area (Å²) in [6.07, 6.45) is 4.05. The quantitative estimate of drug-likeness (QED) is 0.471. The normalized spacial score (nSPS) is 16.8. The van der Waals surface area contributed by atoms with Crippen molar-refractivity contribution < 1.29 is 4.74 Å². The lowest BCUT2D eigenvalue weighted by Crippen LogP contribution is -2.24. The molecule has 0 amide bonds. The van der Waals surface area contributed by atoms with Crippen molar-refractivity contribution in [3.63, 3.8) is 0 Å². The lowest BCUT2D eigenvalue weighted by atomic mass is 10.1. The van der Waals surface area contributed by atoms with Crippen LogP contribution in [0.1, 0.15) is 41.4 Å². The highest BCUT2D eigenvalue weighted by molar-refractivity contribution is 5.79. The molecule has 0 saturated carbocycles. The molecule has 3 aromatic heterocycles. The molecule has 1 aliphatic rings. The fraction of sp³-hybridized carbons (Fsp3) is 0.320. The minimum Gasteiger partial charge on any atom is -0.496 e. The molecule has 5 rings (SSSR count). The van der Waals surface area contributed by atoms with Gasteiger partial charge in [0.15, 0.2) is 11.5 Å². The van der Waals surface area contributed by atoms with E-state index in [1.165, 1.54) is 11.1 Å². The van der Waals surface area contributed by atoms with Crippen LogP contribution < -0.4 is 4.74 Å². The van der Waals surface area contributed by atoms with Gasteiger partial charge in [0.25, 0.3) is 0 Å². The highest BCUT2D eigenvalue weighted by atomic mass is 16.5. The molecule has 4 heterocycles. The predicted octanol–water partition coefficient (Wildman–Crippen LogP) is 4.78. The van der Waals surface area contributed by atoms with Crippen molar-refractivity contribution in [3.8, 4) is 11.6 Å². The van der Waals surface area contributed by atoms with Crippen molar-refractivity contribution in [2.75, 3.05) is 13.7 Å². The van der Waals surface area contributed by atoms with Crippen molar-refractivity contribution in [2.45, 2.75) is 39.3 Å². The average molecular weight is 414 g/mol.